The van der Waals surface area contributed by atoms with Crippen LogP contribution in [-0.4, -0.2) is 25.9 Å². The molecule has 2 aromatic rings. The molecule has 1 saturated carbocycles. The summed E-state index contributed by atoms with van der Waals surface area (Å²) in [5.41, 5.74) is 2.08. The minimum Gasteiger partial charge on any atom is -0.325 e. The Balaban J connectivity index is 1.64. The molecule has 1 amide bonds. The van der Waals surface area contributed by atoms with Crippen LogP contribution in [0.3, 0.4) is 0 Å². The first-order chi connectivity index (χ1) is 12.5. The molecule has 1 aromatic carbocycles. The lowest BCUT2D eigenvalue weighted by Gasteiger charge is -2.13. The Kier molecular flexibility index (Phi) is 5.81. The molecule has 0 spiro atoms. The standard InChI is InChI=1S/C20H26N4OS/c1-5-12-24-18(16-6-7-16)22-23-20(24)26-14(4)19(25)21-17-10-8-15(9-11-17)13(2)3/h5,8-11,13-14,16H,1,6-7,12H2,2-4H3,(H,21,25)/t14-/m1/s1. The molecule has 138 valence electrons. The Hall–Kier alpha value is -2.08. The number of nitrogens with zero attached hydrogens (tertiary/aromatic N) is 3. The molecule has 5 nitrogen and oxygen atoms in total. The monoisotopic (exact) mass is 370 g/mol. The molecular formula is C20H26N4OS. The summed E-state index contributed by atoms with van der Waals surface area (Å²) in [7, 11) is 0. The number of benzene rings is 1. The minimum atomic E-state index is -0.264. The molecule has 1 aliphatic carbocycles. The number of nitrogens with one attached hydrogen (secondary N) is 1. The first-order valence-corrected chi connectivity index (χ1v) is 9.99. The molecule has 6 heteroatoms. The quantitative estimate of drug-likeness (QED) is 0.546. The van der Waals surface area contributed by atoms with Crippen molar-refractivity contribution in [2.75, 3.05) is 5.32 Å². The van der Waals surface area contributed by atoms with Crippen LogP contribution in [0.15, 0.2) is 42.1 Å². The maximum absolute atomic E-state index is 12.5. The second kappa shape index (κ2) is 8.08. The highest BCUT2D eigenvalue weighted by Crippen LogP contribution is 2.40. The summed E-state index contributed by atoms with van der Waals surface area (Å²) >= 11 is 1.44. The summed E-state index contributed by atoms with van der Waals surface area (Å²) < 4.78 is 2.08. The molecule has 1 aliphatic rings. The number of anilines is 1. The third kappa shape index (κ3) is 4.36. The number of allylic oxidation sites excluding steroid dienone is 1. The van der Waals surface area contributed by atoms with Crippen LogP contribution in [0.4, 0.5) is 5.69 Å². The SMILES string of the molecule is C=CCn1c(S[C@H](C)C(=O)Nc2ccc(C(C)C)cc2)nnc1C1CC1. The van der Waals surface area contributed by atoms with Crippen molar-refractivity contribution in [3.8, 4) is 0 Å². The Bertz CT molecular complexity index is 778. The van der Waals surface area contributed by atoms with E-state index in [9.17, 15) is 4.79 Å². The molecule has 0 radical (unpaired) electrons. The van der Waals surface area contributed by atoms with Crippen LogP contribution in [-0.2, 0) is 11.3 Å². The summed E-state index contributed by atoms with van der Waals surface area (Å²) in [5, 5.41) is 12.1. The van der Waals surface area contributed by atoms with Crippen molar-refractivity contribution in [3.63, 3.8) is 0 Å². The summed E-state index contributed by atoms with van der Waals surface area (Å²) in [6, 6.07) is 8.02. The third-order valence-corrected chi connectivity index (χ3v) is 5.58. The highest BCUT2D eigenvalue weighted by molar-refractivity contribution is 8.00. The maximum Gasteiger partial charge on any atom is 0.237 e. The van der Waals surface area contributed by atoms with Crippen LogP contribution in [0, 0.1) is 0 Å². The molecule has 1 atom stereocenters. The lowest BCUT2D eigenvalue weighted by atomic mass is 10.0. The predicted molar refractivity (Wildman–Crippen MR) is 107 cm³/mol. The highest BCUT2D eigenvalue weighted by atomic mass is 32.2. The van der Waals surface area contributed by atoms with E-state index in [2.05, 4.69) is 52.6 Å². The van der Waals surface area contributed by atoms with Gasteiger partial charge in [-0.25, -0.2) is 0 Å². The van der Waals surface area contributed by atoms with Gasteiger partial charge >= 0.3 is 0 Å². The Labute approximate surface area is 159 Å². The van der Waals surface area contributed by atoms with E-state index in [-0.39, 0.29) is 11.2 Å². The first-order valence-electron chi connectivity index (χ1n) is 9.11. The minimum absolute atomic E-state index is 0.0339. The number of carbonyl (C=O) groups excluding carboxylic acids is 1. The largest absolute Gasteiger partial charge is 0.325 e. The van der Waals surface area contributed by atoms with Crippen LogP contribution >= 0.6 is 11.8 Å². The van der Waals surface area contributed by atoms with Gasteiger partial charge in [0.25, 0.3) is 0 Å². The van der Waals surface area contributed by atoms with Crippen LogP contribution < -0.4 is 5.32 Å². The number of hydrogen-bond donors (Lipinski definition) is 1. The average molecular weight is 371 g/mol. The van der Waals surface area contributed by atoms with Crippen molar-refractivity contribution < 1.29 is 4.79 Å². The van der Waals surface area contributed by atoms with Crippen LogP contribution in [0.2, 0.25) is 0 Å². The molecule has 0 unspecified atom stereocenters. The second-order valence-corrected chi connectivity index (χ2v) is 8.35. The fourth-order valence-electron chi connectivity index (χ4n) is 2.74. The fraction of sp³-hybridized carbons (Fsp3) is 0.450. The number of amides is 1. The topological polar surface area (TPSA) is 59.8 Å². The average Bonchev–Trinajstić information content (AvgIpc) is 3.39. The van der Waals surface area contributed by atoms with Gasteiger partial charge in [-0.05, 0) is 43.4 Å². The normalized spacial score (nSPS) is 15.1. The first kappa shape index (κ1) is 18.7. The van der Waals surface area contributed by atoms with Crippen molar-refractivity contribution in [2.45, 2.75) is 62.4 Å². The summed E-state index contributed by atoms with van der Waals surface area (Å²) in [5.74, 6) is 1.98. The zero-order chi connectivity index (χ0) is 18.7. The number of carbonyl (C=O) groups is 1. The number of thioether (sulfide) groups is 1. The van der Waals surface area contributed by atoms with Gasteiger partial charge < -0.3 is 9.88 Å². The highest BCUT2D eigenvalue weighted by Gasteiger charge is 2.30. The van der Waals surface area contributed by atoms with Crippen LogP contribution in [0.25, 0.3) is 0 Å². The van der Waals surface area contributed by atoms with E-state index < -0.39 is 0 Å². The van der Waals surface area contributed by atoms with Gasteiger partial charge in [0.15, 0.2) is 5.16 Å². The molecule has 0 aliphatic heterocycles. The third-order valence-electron chi connectivity index (χ3n) is 4.50. The zero-order valence-electron chi connectivity index (χ0n) is 15.6. The van der Waals surface area contributed by atoms with Crippen molar-refractivity contribution >= 4 is 23.4 Å². The molecule has 1 aromatic heterocycles. The van der Waals surface area contributed by atoms with Gasteiger partial charge in [-0.2, -0.15) is 0 Å². The predicted octanol–water partition coefficient (Wildman–Crippen LogP) is 4.58. The molecule has 26 heavy (non-hydrogen) atoms. The summed E-state index contributed by atoms with van der Waals surface area (Å²) in [6.07, 6.45) is 4.19. The van der Waals surface area contributed by atoms with Gasteiger partial charge in [-0.1, -0.05) is 43.8 Å². The van der Waals surface area contributed by atoms with E-state index in [0.29, 0.717) is 18.4 Å². The molecule has 0 saturated heterocycles. The molecule has 1 N–H and O–H groups in total. The summed E-state index contributed by atoms with van der Waals surface area (Å²) in [4.78, 5) is 12.5. The van der Waals surface area contributed by atoms with Crippen LogP contribution in [0.5, 0.6) is 0 Å². The van der Waals surface area contributed by atoms with Gasteiger partial charge in [-0.3, -0.25) is 4.79 Å². The van der Waals surface area contributed by atoms with Crippen molar-refractivity contribution in [1.29, 1.82) is 0 Å². The Morgan fingerprint density at radius 3 is 2.58 bits per heavy atom. The van der Waals surface area contributed by atoms with Gasteiger partial charge in [0.1, 0.15) is 5.82 Å². The lowest BCUT2D eigenvalue weighted by molar-refractivity contribution is -0.115. The molecule has 0 bridgehead atoms. The molecule has 1 heterocycles. The van der Waals surface area contributed by atoms with Crippen molar-refractivity contribution in [3.05, 3.63) is 48.3 Å². The molecule has 3 rings (SSSR count). The van der Waals surface area contributed by atoms with E-state index in [1.165, 1.54) is 30.2 Å². The smallest absolute Gasteiger partial charge is 0.237 e. The maximum atomic E-state index is 12.5. The lowest BCUT2D eigenvalue weighted by Crippen LogP contribution is -2.23. The van der Waals surface area contributed by atoms with Crippen molar-refractivity contribution in [2.24, 2.45) is 0 Å². The van der Waals surface area contributed by atoms with Gasteiger partial charge in [0, 0.05) is 18.2 Å². The number of hydrogen-bond acceptors (Lipinski definition) is 4. The van der Waals surface area contributed by atoms with Crippen molar-refractivity contribution in [1.82, 2.24) is 14.8 Å². The van der Waals surface area contributed by atoms with E-state index in [4.69, 9.17) is 0 Å². The van der Waals surface area contributed by atoms with E-state index in [1.54, 1.807) is 0 Å². The zero-order valence-corrected chi connectivity index (χ0v) is 16.4. The Morgan fingerprint density at radius 1 is 1.31 bits per heavy atom. The number of rotatable bonds is 8. The van der Waals surface area contributed by atoms with Gasteiger partial charge in [0.05, 0.1) is 5.25 Å². The fourth-order valence-corrected chi connectivity index (χ4v) is 3.60. The molecule has 1 fully saturated rings. The summed E-state index contributed by atoms with van der Waals surface area (Å²) in [6.45, 7) is 10.7. The van der Waals surface area contributed by atoms with E-state index in [1.807, 2.05) is 25.1 Å². The second-order valence-electron chi connectivity index (χ2n) is 7.04. The molecular weight excluding hydrogens is 344 g/mol. The van der Waals surface area contributed by atoms with E-state index in [0.717, 1.165) is 16.7 Å². The Morgan fingerprint density at radius 2 is 2.00 bits per heavy atom. The number of aromatic nitrogens is 3. The van der Waals surface area contributed by atoms with Gasteiger partial charge in [-0.15, -0.1) is 16.8 Å². The van der Waals surface area contributed by atoms with E-state index >= 15 is 0 Å². The van der Waals surface area contributed by atoms with Crippen LogP contribution in [0.1, 0.15) is 56.8 Å². The van der Waals surface area contributed by atoms with Gasteiger partial charge in [0.2, 0.25) is 5.91 Å².